The zero-order chi connectivity index (χ0) is 20.2. The maximum Gasteiger partial charge on any atom is 0.247 e. The highest BCUT2D eigenvalue weighted by Gasteiger charge is 2.40. The second kappa shape index (κ2) is 8.57. The fourth-order valence-electron chi connectivity index (χ4n) is 3.17. The maximum atomic E-state index is 12.8. The fourth-order valence-corrected chi connectivity index (χ4v) is 4.24. The van der Waals surface area contributed by atoms with Crippen LogP contribution in [0.1, 0.15) is 18.9 Å². The number of imide groups is 1. The molecule has 2 aromatic rings. The summed E-state index contributed by atoms with van der Waals surface area (Å²) in [5, 5.41) is 3.35. The first-order chi connectivity index (χ1) is 14.2. The third-order valence-electron chi connectivity index (χ3n) is 4.54. The minimum absolute atomic E-state index is 0.160. The molecule has 0 bridgehead atoms. The minimum Gasteiger partial charge on any atom is -0.454 e. The summed E-state index contributed by atoms with van der Waals surface area (Å²) in [6.45, 7) is 3.30. The first-order valence-electron chi connectivity index (χ1n) is 9.41. The Hall–Kier alpha value is -3.00. The van der Waals surface area contributed by atoms with Gasteiger partial charge in [-0.3, -0.25) is 14.6 Å². The molecule has 1 N–H and O–H groups in total. The lowest BCUT2D eigenvalue weighted by atomic mass is 10.2. The van der Waals surface area contributed by atoms with Crippen molar-refractivity contribution in [1.29, 1.82) is 0 Å². The van der Waals surface area contributed by atoms with Gasteiger partial charge in [0.25, 0.3) is 0 Å². The standard InChI is InChI=1S/C21H21N3O4S/c1-2-22-21(23-12-14-8-9-16-17(10-14)28-13-27-16)29-18-11-19(25)24(20(18)26)15-6-4-3-5-7-15/h3-10,18H,2,11-13H2,1H3,(H,22,23)/t18-/m0/s1. The van der Waals surface area contributed by atoms with E-state index in [9.17, 15) is 9.59 Å². The molecule has 1 atom stereocenters. The highest BCUT2D eigenvalue weighted by molar-refractivity contribution is 8.15. The lowest BCUT2D eigenvalue weighted by Gasteiger charge is -2.15. The number of ether oxygens (including phenoxy) is 2. The molecule has 2 aromatic carbocycles. The molecule has 0 aliphatic carbocycles. The van der Waals surface area contributed by atoms with Crippen molar-refractivity contribution in [2.24, 2.45) is 4.99 Å². The van der Waals surface area contributed by atoms with E-state index in [1.54, 1.807) is 12.1 Å². The van der Waals surface area contributed by atoms with Gasteiger partial charge in [0, 0.05) is 13.0 Å². The van der Waals surface area contributed by atoms with Crippen LogP contribution in [-0.4, -0.2) is 35.6 Å². The SMILES string of the molecule is CCNC(=NCc1ccc2c(c1)OCO2)S[C@H]1CC(=O)N(c2ccccc2)C1=O. The van der Waals surface area contributed by atoms with Gasteiger partial charge in [-0.1, -0.05) is 36.0 Å². The summed E-state index contributed by atoms with van der Waals surface area (Å²) in [5.74, 6) is 1.05. The number of fused-ring (bicyclic) bond motifs is 1. The van der Waals surface area contributed by atoms with Crippen molar-refractivity contribution >= 4 is 34.4 Å². The lowest BCUT2D eigenvalue weighted by molar-refractivity contribution is -0.121. The van der Waals surface area contributed by atoms with Crippen LogP contribution in [-0.2, 0) is 16.1 Å². The molecule has 1 fully saturated rings. The Labute approximate surface area is 173 Å². The summed E-state index contributed by atoms with van der Waals surface area (Å²) in [4.78, 5) is 31.1. The predicted molar refractivity (Wildman–Crippen MR) is 112 cm³/mol. The molecule has 0 spiro atoms. The van der Waals surface area contributed by atoms with E-state index in [0.29, 0.717) is 29.7 Å². The smallest absolute Gasteiger partial charge is 0.247 e. The van der Waals surface area contributed by atoms with Crippen LogP contribution >= 0.6 is 11.8 Å². The predicted octanol–water partition coefficient (Wildman–Crippen LogP) is 2.95. The van der Waals surface area contributed by atoms with Gasteiger partial charge in [-0.05, 0) is 36.8 Å². The van der Waals surface area contributed by atoms with E-state index in [1.165, 1.54) is 16.7 Å². The normalized spacial score (nSPS) is 18.4. The maximum absolute atomic E-state index is 12.8. The molecule has 2 aliphatic heterocycles. The summed E-state index contributed by atoms with van der Waals surface area (Å²) in [6.07, 6.45) is 0.160. The highest BCUT2D eigenvalue weighted by Crippen LogP contribution is 2.33. The van der Waals surface area contributed by atoms with Crippen LogP contribution in [0, 0.1) is 0 Å². The number of carbonyl (C=O) groups excluding carboxylic acids is 2. The van der Waals surface area contributed by atoms with Crippen molar-refractivity contribution in [2.75, 3.05) is 18.2 Å². The molecule has 2 heterocycles. The number of thioether (sulfide) groups is 1. The molecule has 4 rings (SSSR count). The van der Waals surface area contributed by atoms with E-state index in [1.807, 2.05) is 43.3 Å². The summed E-state index contributed by atoms with van der Waals surface area (Å²) in [6, 6.07) is 14.7. The van der Waals surface area contributed by atoms with Crippen LogP contribution in [0.3, 0.4) is 0 Å². The second-order valence-corrected chi connectivity index (χ2v) is 7.74. The molecule has 0 radical (unpaired) electrons. The Kier molecular flexibility index (Phi) is 5.71. The molecule has 8 heteroatoms. The Morgan fingerprint density at radius 2 is 1.97 bits per heavy atom. The third kappa shape index (κ3) is 4.22. The van der Waals surface area contributed by atoms with E-state index in [0.717, 1.165) is 11.3 Å². The third-order valence-corrected chi connectivity index (χ3v) is 5.69. The summed E-state index contributed by atoms with van der Waals surface area (Å²) >= 11 is 1.30. The molecule has 0 saturated carbocycles. The zero-order valence-corrected chi connectivity index (χ0v) is 16.8. The largest absolute Gasteiger partial charge is 0.454 e. The van der Waals surface area contributed by atoms with Crippen molar-refractivity contribution in [1.82, 2.24) is 5.32 Å². The monoisotopic (exact) mass is 411 g/mol. The average Bonchev–Trinajstić information content (AvgIpc) is 3.30. The molecular weight excluding hydrogens is 390 g/mol. The number of carbonyl (C=O) groups is 2. The number of hydrogen-bond donors (Lipinski definition) is 1. The Morgan fingerprint density at radius 1 is 1.17 bits per heavy atom. The van der Waals surface area contributed by atoms with Crippen LogP contribution in [0.25, 0.3) is 0 Å². The van der Waals surface area contributed by atoms with Gasteiger partial charge in [0.15, 0.2) is 16.7 Å². The van der Waals surface area contributed by atoms with Crippen molar-refractivity contribution in [3.63, 3.8) is 0 Å². The topological polar surface area (TPSA) is 80.2 Å². The average molecular weight is 411 g/mol. The highest BCUT2D eigenvalue weighted by atomic mass is 32.2. The van der Waals surface area contributed by atoms with Crippen LogP contribution in [0.5, 0.6) is 11.5 Å². The quantitative estimate of drug-likeness (QED) is 0.463. The van der Waals surface area contributed by atoms with Crippen LogP contribution in [0.15, 0.2) is 53.5 Å². The molecule has 2 aliphatic rings. The number of nitrogens with zero attached hydrogens (tertiary/aromatic N) is 2. The van der Waals surface area contributed by atoms with Gasteiger partial charge in [-0.15, -0.1) is 0 Å². The Bertz CT molecular complexity index is 948. The molecule has 2 amide bonds. The van der Waals surface area contributed by atoms with Crippen molar-refractivity contribution in [3.8, 4) is 11.5 Å². The zero-order valence-electron chi connectivity index (χ0n) is 16.0. The molecule has 0 aromatic heterocycles. The van der Waals surface area contributed by atoms with Gasteiger partial charge in [-0.25, -0.2) is 4.90 Å². The number of hydrogen-bond acceptors (Lipinski definition) is 6. The molecule has 1 saturated heterocycles. The molecular formula is C21H21N3O4S. The molecule has 0 unspecified atom stereocenters. The number of benzene rings is 2. The number of amidine groups is 1. The number of aliphatic imine (C=N–C) groups is 1. The van der Waals surface area contributed by atoms with E-state index in [-0.39, 0.29) is 25.0 Å². The first-order valence-corrected chi connectivity index (χ1v) is 10.3. The Balaban J connectivity index is 1.46. The van der Waals surface area contributed by atoms with E-state index < -0.39 is 5.25 Å². The summed E-state index contributed by atoms with van der Waals surface area (Å²) in [7, 11) is 0. The first kappa shape index (κ1) is 19.3. The number of nitrogens with one attached hydrogen (secondary N) is 1. The van der Waals surface area contributed by atoms with Gasteiger partial charge in [0.1, 0.15) is 5.25 Å². The van der Waals surface area contributed by atoms with Crippen LogP contribution in [0.2, 0.25) is 0 Å². The van der Waals surface area contributed by atoms with Crippen molar-refractivity contribution < 1.29 is 19.1 Å². The second-order valence-electron chi connectivity index (χ2n) is 6.55. The Morgan fingerprint density at radius 3 is 2.76 bits per heavy atom. The van der Waals surface area contributed by atoms with E-state index in [2.05, 4.69) is 10.3 Å². The number of para-hydroxylation sites is 1. The fraction of sp³-hybridized carbons (Fsp3) is 0.286. The van der Waals surface area contributed by atoms with Crippen molar-refractivity contribution in [2.45, 2.75) is 25.1 Å². The van der Waals surface area contributed by atoms with Gasteiger partial charge in [0.05, 0.1) is 12.2 Å². The van der Waals surface area contributed by atoms with Gasteiger partial charge in [-0.2, -0.15) is 0 Å². The summed E-state index contributed by atoms with van der Waals surface area (Å²) < 4.78 is 10.7. The lowest BCUT2D eigenvalue weighted by Crippen LogP contribution is -2.32. The van der Waals surface area contributed by atoms with Gasteiger partial charge in [0.2, 0.25) is 18.6 Å². The minimum atomic E-state index is -0.489. The van der Waals surface area contributed by atoms with Crippen LogP contribution in [0.4, 0.5) is 5.69 Å². The van der Waals surface area contributed by atoms with E-state index in [4.69, 9.17) is 9.47 Å². The van der Waals surface area contributed by atoms with Gasteiger partial charge < -0.3 is 14.8 Å². The summed E-state index contributed by atoms with van der Waals surface area (Å²) in [5.41, 5.74) is 1.58. The van der Waals surface area contributed by atoms with Crippen LogP contribution < -0.4 is 19.7 Å². The van der Waals surface area contributed by atoms with E-state index >= 15 is 0 Å². The van der Waals surface area contributed by atoms with Gasteiger partial charge >= 0.3 is 0 Å². The molecule has 150 valence electrons. The molecule has 7 nitrogen and oxygen atoms in total. The molecule has 29 heavy (non-hydrogen) atoms. The van der Waals surface area contributed by atoms with Crippen molar-refractivity contribution in [3.05, 3.63) is 54.1 Å². The number of rotatable bonds is 5. The number of anilines is 1. The number of amides is 2.